The molecule has 11 aromatic rings. The maximum atomic E-state index is 5.48. The first-order chi connectivity index (χ1) is 27.3. The monoisotopic (exact) mass is 704 g/mol. The number of aromatic nitrogens is 6. The Balaban J connectivity index is 1.28. The van der Waals surface area contributed by atoms with Crippen LogP contribution in [-0.2, 0) is 0 Å². The first-order valence-electron chi connectivity index (χ1n) is 18.5. The highest BCUT2D eigenvalue weighted by Gasteiger charge is 2.25. The Morgan fingerprint density at radius 2 is 0.891 bits per heavy atom. The van der Waals surface area contributed by atoms with Gasteiger partial charge in [-0.2, -0.15) is 0 Å². The third-order valence-corrected chi connectivity index (χ3v) is 10.5. The summed E-state index contributed by atoms with van der Waals surface area (Å²) in [7, 11) is 0. The zero-order chi connectivity index (χ0) is 36.3. The fraction of sp³-hybridized carbons (Fsp3) is 0. The number of imidazole rings is 1. The molecule has 6 heteroatoms. The van der Waals surface area contributed by atoms with E-state index < -0.39 is 0 Å². The molecule has 11 rings (SSSR count). The number of hydrogen-bond donors (Lipinski definition) is 0. The molecule has 4 aromatic heterocycles. The zero-order valence-electron chi connectivity index (χ0n) is 29.7. The molecule has 0 N–H and O–H groups in total. The molecule has 0 radical (unpaired) electrons. The molecular formula is C49H32N6. The van der Waals surface area contributed by atoms with E-state index in [9.17, 15) is 0 Å². The molecule has 6 nitrogen and oxygen atoms in total. The summed E-state index contributed by atoms with van der Waals surface area (Å²) in [5.41, 5.74) is 11.2. The van der Waals surface area contributed by atoms with E-state index in [2.05, 4.69) is 177 Å². The van der Waals surface area contributed by atoms with E-state index in [4.69, 9.17) is 15.0 Å². The quantitative estimate of drug-likeness (QED) is 0.173. The third-order valence-electron chi connectivity index (χ3n) is 10.5. The average molecular weight is 705 g/mol. The Labute approximate surface area is 316 Å². The molecule has 0 spiro atoms. The molecule has 0 unspecified atom stereocenters. The second kappa shape index (κ2) is 12.5. The molecular weight excluding hydrogens is 673 g/mol. The molecule has 0 atom stereocenters. The molecule has 4 heterocycles. The minimum Gasteiger partial charge on any atom is -0.294 e. The van der Waals surface area contributed by atoms with E-state index in [0.29, 0.717) is 5.82 Å². The van der Waals surface area contributed by atoms with Gasteiger partial charge in [-0.1, -0.05) is 146 Å². The van der Waals surface area contributed by atoms with E-state index in [1.165, 1.54) is 0 Å². The van der Waals surface area contributed by atoms with Crippen LogP contribution in [-0.4, -0.2) is 28.7 Å². The molecule has 55 heavy (non-hydrogen) atoms. The van der Waals surface area contributed by atoms with Gasteiger partial charge >= 0.3 is 0 Å². The smallest absolute Gasteiger partial charge is 0.165 e. The third kappa shape index (κ3) is 5.00. The number of para-hydroxylation sites is 3. The van der Waals surface area contributed by atoms with Gasteiger partial charge in [0.1, 0.15) is 17.2 Å². The van der Waals surface area contributed by atoms with Crippen LogP contribution in [0.5, 0.6) is 0 Å². The van der Waals surface area contributed by atoms with Gasteiger partial charge in [0.05, 0.1) is 22.2 Å². The molecule has 0 saturated carbocycles. The number of benzene rings is 7. The van der Waals surface area contributed by atoms with Crippen LogP contribution in [0.25, 0.3) is 95.1 Å². The molecule has 0 fully saturated rings. The standard InChI is InChI=1S/C49H32N6/c1-6-18-33(19-7-1)41-31-45(51-47(50-41)34-20-8-2-9-21-34)55-42-29-17-16-28-38(42)39-30-40-44(32-43(39)55)53(36-24-12-4-13-25-36)49-46(40)54(37-26-14-5-15-27-37)48(52-49)35-22-10-3-11-23-35/h1-32H. The Bertz CT molecular complexity index is 3110. The van der Waals surface area contributed by atoms with E-state index in [0.717, 1.165) is 89.3 Å². The summed E-state index contributed by atoms with van der Waals surface area (Å²) < 4.78 is 6.93. The summed E-state index contributed by atoms with van der Waals surface area (Å²) in [5.74, 6) is 2.38. The minimum absolute atomic E-state index is 0.678. The fourth-order valence-electron chi connectivity index (χ4n) is 8.02. The second-order valence-corrected chi connectivity index (χ2v) is 13.7. The fourth-order valence-corrected chi connectivity index (χ4v) is 8.02. The van der Waals surface area contributed by atoms with Gasteiger partial charge in [-0.15, -0.1) is 0 Å². The van der Waals surface area contributed by atoms with Crippen LogP contribution in [0, 0.1) is 0 Å². The highest BCUT2D eigenvalue weighted by molar-refractivity contribution is 6.18. The first-order valence-corrected chi connectivity index (χ1v) is 18.5. The zero-order valence-corrected chi connectivity index (χ0v) is 29.7. The van der Waals surface area contributed by atoms with Gasteiger partial charge in [-0.25, -0.2) is 15.0 Å². The Kier molecular flexibility index (Phi) is 7.07. The van der Waals surface area contributed by atoms with Crippen LogP contribution in [0.3, 0.4) is 0 Å². The van der Waals surface area contributed by atoms with Gasteiger partial charge in [0.2, 0.25) is 0 Å². The molecule has 0 aliphatic heterocycles. The van der Waals surface area contributed by atoms with Gasteiger partial charge in [-0.05, 0) is 42.5 Å². The SMILES string of the molecule is c1ccc(-c2cc(-n3c4ccccc4c4cc5c6c(nc(-c7ccccc7)n6-c6ccccc6)n(-c6ccccc6)c5cc43)nc(-c3ccccc3)n2)cc1. The Hall–Kier alpha value is -7.57. The number of nitrogens with zero attached hydrogens (tertiary/aromatic N) is 6. The van der Waals surface area contributed by atoms with E-state index in [1.807, 2.05) is 30.3 Å². The second-order valence-electron chi connectivity index (χ2n) is 13.7. The highest BCUT2D eigenvalue weighted by atomic mass is 15.2. The normalized spacial score (nSPS) is 11.6. The molecule has 0 aliphatic carbocycles. The Morgan fingerprint density at radius 1 is 0.345 bits per heavy atom. The van der Waals surface area contributed by atoms with Crippen molar-refractivity contribution < 1.29 is 0 Å². The van der Waals surface area contributed by atoms with Crippen LogP contribution in [0.2, 0.25) is 0 Å². The van der Waals surface area contributed by atoms with Crippen molar-refractivity contribution in [1.29, 1.82) is 0 Å². The van der Waals surface area contributed by atoms with Gasteiger partial charge < -0.3 is 0 Å². The summed E-state index contributed by atoms with van der Waals surface area (Å²) in [5, 5.41) is 3.40. The van der Waals surface area contributed by atoms with Crippen LogP contribution in [0.4, 0.5) is 0 Å². The molecule has 258 valence electrons. The van der Waals surface area contributed by atoms with Crippen molar-refractivity contribution in [3.8, 4) is 51.2 Å². The van der Waals surface area contributed by atoms with E-state index >= 15 is 0 Å². The van der Waals surface area contributed by atoms with Crippen molar-refractivity contribution >= 4 is 43.9 Å². The van der Waals surface area contributed by atoms with Crippen LogP contribution in [0.1, 0.15) is 0 Å². The van der Waals surface area contributed by atoms with Crippen molar-refractivity contribution in [1.82, 2.24) is 28.7 Å². The summed E-state index contributed by atoms with van der Waals surface area (Å²) in [4.78, 5) is 15.9. The van der Waals surface area contributed by atoms with Gasteiger partial charge in [0, 0.05) is 50.3 Å². The lowest BCUT2D eigenvalue weighted by molar-refractivity contribution is 1.05. The molecule has 0 amide bonds. The topological polar surface area (TPSA) is 53.5 Å². The van der Waals surface area contributed by atoms with Crippen LogP contribution < -0.4 is 0 Å². The summed E-state index contributed by atoms with van der Waals surface area (Å²) in [6.45, 7) is 0. The lowest BCUT2D eigenvalue weighted by Gasteiger charge is -2.13. The van der Waals surface area contributed by atoms with Crippen LogP contribution in [0.15, 0.2) is 194 Å². The van der Waals surface area contributed by atoms with Crippen molar-refractivity contribution in [3.63, 3.8) is 0 Å². The summed E-state index contributed by atoms with van der Waals surface area (Å²) in [6, 6.07) is 67.6. The number of fused-ring (bicyclic) bond motifs is 6. The van der Waals surface area contributed by atoms with Gasteiger partial charge in [0.25, 0.3) is 0 Å². The highest BCUT2D eigenvalue weighted by Crippen LogP contribution is 2.42. The van der Waals surface area contributed by atoms with Gasteiger partial charge in [-0.3, -0.25) is 13.7 Å². The maximum Gasteiger partial charge on any atom is 0.165 e. The summed E-state index contributed by atoms with van der Waals surface area (Å²) in [6.07, 6.45) is 0. The molecule has 0 bridgehead atoms. The predicted molar refractivity (Wildman–Crippen MR) is 224 cm³/mol. The molecule has 0 aliphatic rings. The maximum absolute atomic E-state index is 5.48. The lowest BCUT2D eigenvalue weighted by Crippen LogP contribution is -2.02. The van der Waals surface area contributed by atoms with Crippen molar-refractivity contribution in [2.75, 3.05) is 0 Å². The number of hydrogen-bond acceptors (Lipinski definition) is 3. The predicted octanol–water partition coefficient (Wildman–Crippen LogP) is 11.9. The molecule has 0 saturated heterocycles. The van der Waals surface area contributed by atoms with Crippen molar-refractivity contribution in [2.24, 2.45) is 0 Å². The average Bonchev–Trinajstić information content (AvgIpc) is 3.91. The lowest BCUT2D eigenvalue weighted by atomic mass is 10.1. The Morgan fingerprint density at radius 3 is 1.56 bits per heavy atom. The largest absolute Gasteiger partial charge is 0.294 e. The van der Waals surface area contributed by atoms with Crippen molar-refractivity contribution in [2.45, 2.75) is 0 Å². The number of rotatable bonds is 6. The molecule has 7 aromatic carbocycles. The minimum atomic E-state index is 0.678. The summed E-state index contributed by atoms with van der Waals surface area (Å²) >= 11 is 0. The van der Waals surface area contributed by atoms with Crippen LogP contribution >= 0.6 is 0 Å². The van der Waals surface area contributed by atoms with Crippen molar-refractivity contribution in [3.05, 3.63) is 194 Å². The van der Waals surface area contributed by atoms with E-state index in [1.54, 1.807) is 0 Å². The first kappa shape index (κ1) is 31.0. The van der Waals surface area contributed by atoms with E-state index in [-0.39, 0.29) is 0 Å². The van der Waals surface area contributed by atoms with Gasteiger partial charge in [0.15, 0.2) is 11.5 Å².